The third-order valence-corrected chi connectivity index (χ3v) is 7.54. The Bertz CT molecular complexity index is 1110. The molecule has 2 fully saturated rings. The summed E-state index contributed by atoms with van der Waals surface area (Å²) in [5.41, 5.74) is 3.42. The van der Waals surface area contributed by atoms with E-state index in [-0.39, 0.29) is 5.91 Å². The number of nitrogens with zero attached hydrogens (tertiary/aromatic N) is 3. The van der Waals surface area contributed by atoms with Crippen LogP contribution in [0.2, 0.25) is 5.02 Å². The number of hydrogen-bond donors (Lipinski definition) is 1. The van der Waals surface area contributed by atoms with Crippen molar-refractivity contribution in [3.8, 4) is 5.69 Å². The van der Waals surface area contributed by atoms with E-state index in [1.807, 2.05) is 49.4 Å². The maximum atomic E-state index is 12.8. The second-order valence-electron chi connectivity index (χ2n) is 9.27. The van der Waals surface area contributed by atoms with Crippen molar-refractivity contribution in [3.05, 3.63) is 58.9 Å². The number of halogens is 1. The normalized spacial score (nSPS) is 18.4. The smallest absolute Gasteiger partial charge is 0.252 e. The van der Waals surface area contributed by atoms with E-state index in [0.717, 1.165) is 48.0 Å². The lowest BCUT2D eigenvalue weighted by Gasteiger charge is -2.36. The first-order valence-corrected chi connectivity index (χ1v) is 12.2. The van der Waals surface area contributed by atoms with Crippen molar-refractivity contribution in [1.82, 2.24) is 19.8 Å². The van der Waals surface area contributed by atoms with Gasteiger partial charge in [-0.25, -0.2) is 4.98 Å². The molecule has 2 aliphatic rings. The number of imidazole rings is 1. The van der Waals surface area contributed by atoms with E-state index in [1.165, 1.54) is 38.8 Å². The molecule has 5 rings (SSSR count). The van der Waals surface area contributed by atoms with E-state index in [2.05, 4.69) is 19.8 Å². The van der Waals surface area contributed by atoms with Crippen molar-refractivity contribution in [3.63, 3.8) is 0 Å². The first kappa shape index (κ1) is 21.5. The molecule has 2 heterocycles. The maximum Gasteiger partial charge on any atom is 0.252 e. The quantitative estimate of drug-likeness (QED) is 0.568. The standard InChI is InChI=1S/C26H31ClN4O/c1-18-29-24-8-4-5-9-25(24)31(18)21-10-11-22(23(27)16-21)26(32)28-17-19-12-14-30(15-13-19)20-6-2-3-7-20/h4-5,8-11,16,19-20H,2-3,6-7,12-15,17H2,1H3,(H,28,32). The Hall–Kier alpha value is -2.37. The first-order valence-electron chi connectivity index (χ1n) is 11.9. The number of rotatable bonds is 5. The van der Waals surface area contributed by atoms with Crippen LogP contribution in [0.15, 0.2) is 42.5 Å². The molecular weight excluding hydrogens is 420 g/mol. The molecule has 1 N–H and O–H groups in total. The van der Waals surface area contributed by atoms with E-state index < -0.39 is 0 Å². The molecule has 0 radical (unpaired) electrons. The van der Waals surface area contributed by atoms with Gasteiger partial charge in [0.1, 0.15) is 5.82 Å². The van der Waals surface area contributed by atoms with Crippen molar-refractivity contribution in [2.75, 3.05) is 19.6 Å². The third-order valence-electron chi connectivity index (χ3n) is 7.23. The molecule has 1 saturated carbocycles. The summed E-state index contributed by atoms with van der Waals surface area (Å²) >= 11 is 6.56. The van der Waals surface area contributed by atoms with Crippen LogP contribution in [-0.2, 0) is 0 Å². The number of hydrogen-bond acceptors (Lipinski definition) is 3. The molecule has 1 aliphatic carbocycles. The molecular formula is C26H31ClN4O. The second kappa shape index (κ2) is 9.24. The zero-order chi connectivity index (χ0) is 22.1. The molecule has 1 amide bonds. The van der Waals surface area contributed by atoms with Crippen LogP contribution in [0.3, 0.4) is 0 Å². The topological polar surface area (TPSA) is 50.2 Å². The van der Waals surface area contributed by atoms with Gasteiger partial charge in [0.05, 0.1) is 21.6 Å². The van der Waals surface area contributed by atoms with Crippen molar-refractivity contribution in [2.24, 2.45) is 5.92 Å². The Labute approximate surface area is 194 Å². The molecule has 32 heavy (non-hydrogen) atoms. The number of nitrogens with one attached hydrogen (secondary N) is 1. The van der Waals surface area contributed by atoms with Crippen LogP contribution in [0.5, 0.6) is 0 Å². The van der Waals surface area contributed by atoms with Gasteiger partial charge in [0.2, 0.25) is 0 Å². The molecule has 168 valence electrons. The Kier molecular flexibility index (Phi) is 6.20. The van der Waals surface area contributed by atoms with Crippen LogP contribution in [0.1, 0.15) is 54.7 Å². The highest BCUT2D eigenvalue weighted by atomic mass is 35.5. The molecule has 0 spiro atoms. The zero-order valence-electron chi connectivity index (χ0n) is 18.7. The van der Waals surface area contributed by atoms with E-state index in [0.29, 0.717) is 16.5 Å². The van der Waals surface area contributed by atoms with Crippen LogP contribution >= 0.6 is 11.6 Å². The van der Waals surface area contributed by atoms with Gasteiger partial charge in [-0.05, 0) is 81.9 Å². The van der Waals surface area contributed by atoms with Crippen molar-refractivity contribution < 1.29 is 4.79 Å². The minimum absolute atomic E-state index is 0.0908. The fourth-order valence-electron chi connectivity index (χ4n) is 5.42. The van der Waals surface area contributed by atoms with Crippen molar-refractivity contribution in [2.45, 2.75) is 51.5 Å². The Morgan fingerprint density at radius 2 is 1.84 bits per heavy atom. The summed E-state index contributed by atoms with van der Waals surface area (Å²) in [4.78, 5) is 20.1. The number of amides is 1. The van der Waals surface area contributed by atoms with Gasteiger partial charge in [-0.2, -0.15) is 0 Å². The zero-order valence-corrected chi connectivity index (χ0v) is 19.4. The second-order valence-corrected chi connectivity index (χ2v) is 9.68. The van der Waals surface area contributed by atoms with Gasteiger partial charge in [0.25, 0.3) is 5.91 Å². The number of carbonyl (C=O) groups excluding carboxylic acids is 1. The lowest BCUT2D eigenvalue weighted by Crippen LogP contribution is -2.42. The highest BCUT2D eigenvalue weighted by molar-refractivity contribution is 6.34. The van der Waals surface area contributed by atoms with Crippen LogP contribution in [0.4, 0.5) is 0 Å². The number of piperidine rings is 1. The third kappa shape index (κ3) is 4.28. The molecule has 1 aliphatic heterocycles. The minimum Gasteiger partial charge on any atom is -0.352 e. The molecule has 5 nitrogen and oxygen atoms in total. The van der Waals surface area contributed by atoms with Gasteiger partial charge >= 0.3 is 0 Å². The highest BCUT2D eigenvalue weighted by Crippen LogP contribution is 2.28. The largest absolute Gasteiger partial charge is 0.352 e. The van der Waals surface area contributed by atoms with E-state index >= 15 is 0 Å². The molecule has 0 bridgehead atoms. The Morgan fingerprint density at radius 3 is 2.59 bits per heavy atom. The number of likely N-dealkylation sites (tertiary alicyclic amines) is 1. The number of aryl methyl sites for hydroxylation is 1. The van der Waals surface area contributed by atoms with Gasteiger partial charge in [-0.1, -0.05) is 36.6 Å². The fraction of sp³-hybridized carbons (Fsp3) is 0.462. The number of aromatic nitrogens is 2. The average Bonchev–Trinajstić information content (AvgIpc) is 3.45. The summed E-state index contributed by atoms with van der Waals surface area (Å²) in [5, 5.41) is 3.59. The van der Waals surface area contributed by atoms with Gasteiger partial charge in [-0.3, -0.25) is 9.36 Å². The predicted octanol–water partition coefficient (Wildman–Crippen LogP) is 5.37. The summed E-state index contributed by atoms with van der Waals surface area (Å²) in [6.45, 7) is 5.03. The van der Waals surface area contributed by atoms with E-state index in [9.17, 15) is 4.79 Å². The summed E-state index contributed by atoms with van der Waals surface area (Å²) in [5.74, 6) is 1.35. The summed E-state index contributed by atoms with van der Waals surface area (Å²) in [6, 6.07) is 14.5. The molecule has 6 heteroatoms. The molecule has 1 aromatic heterocycles. The molecule has 3 aromatic rings. The number of carbonyl (C=O) groups is 1. The number of para-hydroxylation sites is 2. The minimum atomic E-state index is -0.0908. The van der Waals surface area contributed by atoms with Gasteiger partial charge < -0.3 is 10.2 Å². The maximum absolute atomic E-state index is 12.8. The highest BCUT2D eigenvalue weighted by Gasteiger charge is 2.27. The summed E-state index contributed by atoms with van der Waals surface area (Å²) in [6.07, 6.45) is 7.83. The number of benzene rings is 2. The monoisotopic (exact) mass is 450 g/mol. The summed E-state index contributed by atoms with van der Waals surface area (Å²) in [7, 11) is 0. The van der Waals surface area contributed by atoms with Gasteiger partial charge in [-0.15, -0.1) is 0 Å². The molecule has 0 unspecified atom stereocenters. The van der Waals surface area contributed by atoms with Crippen molar-refractivity contribution in [1.29, 1.82) is 0 Å². The Balaban J connectivity index is 1.22. The van der Waals surface area contributed by atoms with Gasteiger partial charge in [0.15, 0.2) is 0 Å². The van der Waals surface area contributed by atoms with Crippen LogP contribution in [-0.4, -0.2) is 46.0 Å². The van der Waals surface area contributed by atoms with Crippen molar-refractivity contribution >= 4 is 28.5 Å². The van der Waals surface area contributed by atoms with E-state index in [4.69, 9.17) is 11.6 Å². The molecule has 1 saturated heterocycles. The first-order chi connectivity index (χ1) is 15.6. The number of fused-ring (bicyclic) bond motifs is 1. The van der Waals surface area contributed by atoms with E-state index in [1.54, 1.807) is 0 Å². The summed E-state index contributed by atoms with van der Waals surface area (Å²) < 4.78 is 2.07. The molecule has 2 aromatic carbocycles. The van der Waals surface area contributed by atoms with Crippen LogP contribution < -0.4 is 5.32 Å². The SMILES string of the molecule is Cc1nc2ccccc2n1-c1ccc(C(=O)NCC2CCN(C3CCCC3)CC2)c(Cl)c1. The van der Waals surface area contributed by atoms with Crippen LogP contribution in [0.25, 0.3) is 16.7 Å². The lowest BCUT2D eigenvalue weighted by molar-refractivity contribution is 0.0925. The average molecular weight is 451 g/mol. The van der Waals surface area contributed by atoms with Gasteiger partial charge in [0, 0.05) is 18.3 Å². The fourth-order valence-corrected chi connectivity index (χ4v) is 5.68. The predicted molar refractivity (Wildman–Crippen MR) is 130 cm³/mol. The molecule has 0 atom stereocenters. The lowest BCUT2D eigenvalue weighted by atomic mass is 9.95. The Morgan fingerprint density at radius 1 is 1.09 bits per heavy atom. The van der Waals surface area contributed by atoms with Crippen LogP contribution in [0, 0.1) is 12.8 Å².